The second-order valence-electron chi connectivity index (χ2n) is 5.61. The van der Waals surface area contributed by atoms with Gasteiger partial charge in [0.05, 0.1) is 0 Å². The van der Waals surface area contributed by atoms with E-state index in [4.69, 9.17) is 5.11 Å². The van der Waals surface area contributed by atoms with Gasteiger partial charge in [-0.25, -0.2) is 9.59 Å². The number of nitrogens with zero attached hydrogens (tertiary/aromatic N) is 2. The van der Waals surface area contributed by atoms with Gasteiger partial charge >= 0.3 is 12.0 Å². The summed E-state index contributed by atoms with van der Waals surface area (Å²) in [5.74, 6) is -0.731. The molecule has 19 heavy (non-hydrogen) atoms. The highest BCUT2D eigenvalue weighted by Gasteiger charge is 2.24. The molecule has 0 spiro atoms. The second kappa shape index (κ2) is 7.33. The van der Waals surface area contributed by atoms with Gasteiger partial charge in [-0.2, -0.15) is 0 Å². The number of urea groups is 1. The molecule has 1 saturated heterocycles. The molecule has 0 aliphatic carbocycles. The standard InChI is InChI=1S/C13H25N3O3/c1-10(2)9-11(12(17)18)14-13(19)16-6-4-5-15(3)7-8-16/h10-11H,4-9H2,1-3H3,(H,14,19)(H,17,18)/t11-/m1/s1. The molecule has 1 rings (SSSR count). The molecule has 1 heterocycles. The Balaban J connectivity index is 2.53. The van der Waals surface area contributed by atoms with Crippen LogP contribution in [0.4, 0.5) is 4.79 Å². The van der Waals surface area contributed by atoms with E-state index in [0.717, 1.165) is 19.5 Å². The van der Waals surface area contributed by atoms with Crippen LogP contribution < -0.4 is 5.32 Å². The number of aliphatic carboxylic acids is 1. The normalized spacial score (nSPS) is 19.1. The number of carboxylic acid groups (broad SMARTS) is 1. The van der Waals surface area contributed by atoms with Crippen molar-refractivity contribution in [3.05, 3.63) is 0 Å². The second-order valence-corrected chi connectivity index (χ2v) is 5.61. The molecule has 0 aromatic rings. The summed E-state index contributed by atoms with van der Waals surface area (Å²) in [6, 6.07) is -1.06. The summed E-state index contributed by atoms with van der Waals surface area (Å²) in [7, 11) is 2.03. The van der Waals surface area contributed by atoms with Gasteiger partial charge in [0.1, 0.15) is 6.04 Å². The monoisotopic (exact) mass is 271 g/mol. The van der Waals surface area contributed by atoms with Gasteiger partial charge in [-0.1, -0.05) is 13.8 Å². The first-order chi connectivity index (χ1) is 8.90. The Morgan fingerprint density at radius 3 is 2.47 bits per heavy atom. The van der Waals surface area contributed by atoms with Crippen molar-refractivity contribution in [2.24, 2.45) is 5.92 Å². The van der Waals surface area contributed by atoms with Crippen molar-refractivity contribution in [1.29, 1.82) is 0 Å². The average molecular weight is 271 g/mol. The number of hydrogen-bond acceptors (Lipinski definition) is 3. The van der Waals surface area contributed by atoms with Crippen LogP contribution in [0, 0.1) is 5.92 Å². The van der Waals surface area contributed by atoms with Crippen molar-refractivity contribution in [2.45, 2.75) is 32.7 Å². The Kier molecular flexibility index (Phi) is 6.08. The lowest BCUT2D eigenvalue weighted by molar-refractivity contribution is -0.139. The molecule has 6 heteroatoms. The van der Waals surface area contributed by atoms with Crippen LogP contribution in [0.5, 0.6) is 0 Å². The molecule has 0 unspecified atom stereocenters. The lowest BCUT2D eigenvalue weighted by atomic mass is 10.0. The number of likely N-dealkylation sites (N-methyl/N-ethyl adjacent to an activating group) is 1. The third-order valence-electron chi connectivity index (χ3n) is 3.31. The van der Waals surface area contributed by atoms with Crippen LogP contribution in [0.15, 0.2) is 0 Å². The minimum absolute atomic E-state index is 0.233. The molecule has 0 radical (unpaired) electrons. The Bertz CT molecular complexity index is 320. The van der Waals surface area contributed by atoms with Gasteiger partial charge in [-0.15, -0.1) is 0 Å². The quantitative estimate of drug-likeness (QED) is 0.794. The molecule has 1 aliphatic rings. The van der Waals surface area contributed by atoms with Gasteiger partial charge in [0.25, 0.3) is 0 Å². The van der Waals surface area contributed by atoms with Crippen LogP contribution in [0.1, 0.15) is 26.7 Å². The molecule has 0 aromatic heterocycles. The van der Waals surface area contributed by atoms with Gasteiger partial charge in [-0.05, 0) is 32.4 Å². The molecule has 1 atom stereocenters. The lowest BCUT2D eigenvalue weighted by Gasteiger charge is -2.24. The maximum Gasteiger partial charge on any atom is 0.326 e. The zero-order valence-electron chi connectivity index (χ0n) is 12.1. The van der Waals surface area contributed by atoms with Crippen LogP contribution >= 0.6 is 0 Å². The molecule has 6 nitrogen and oxygen atoms in total. The molecule has 2 N–H and O–H groups in total. The molecule has 1 fully saturated rings. The molecule has 110 valence electrons. The van der Waals surface area contributed by atoms with Gasteiger partial charge in [0, 0.05) is 19.6 Å². The summed E-state index contributed by atoms with van der Waals surface area (Å²) < 4.78 is 0. The fourth-order valence-corrected chi connectivity index (χ4v) is 2.18. The van der Waals surface area contributed by atoms with Gasteiger partial charge in [0.15, 0.2) is 0 Å². The molecule has 0 aromatic carbocycles. The van der Waals surface area contributed by atoms with Crippen LogP contribution in [0.3, 0.4) is 0 Å². The van der Waals surface area contributed by atoms with Crippen LogP contribution in [0.2, 0.25) is 0 Å². The van der Waals surface area contributed by atoms with Crippen LogP contribution in [0.25, 0.3) is 0 Å². The van der Waals surface area contributed by atoms with Gasteiger partial charge < -0.3 is 20.2 Å². The first-order valence-electron chi connectivity index (χ1n) is 6.87. The summed E-state index contributed by atoms with van der Waals surface area (Å²) in [4.78, 5) is 27.1. The molecular formula is C13H25N3O3. The maximum atomic E-state index is 12.1. The lowest BCUT2D eigenvalue weighted by Crippen LogP contribution is -2.49. The Morgan fingerprint density at radius 2 is 1.89 bits per heavy atom. The first-order valence-corrected chi connectivity index (χ1v) is 6.87. The summed E-state index contributed by atoms with van der Waals surface area (Å²) >= 11 is 0. The summed E-state index contributed by atoms with van der Waals surface area (Å²) in [5, 5.41) is 11.8. The number of carbonyl (C=O) groups excluding carboxylic acids is 1. The SMILES string of the molecule is CC(C)C[C@@H](NC(=O)N1CCCN(C)CC1)C(=O)O. The van der Waals surface area contributed by atoms with Gasteiger partial charge in [-0.3, -0.25) is 0 Å². The number of carbonyl (C=O) groups is 2. The summed E-state index contributed by atoms with van der Waals surface area (Å²) in [5.41, 5.74) is 0. The number of nitrogens with one attached hydrogen (secondary N) is 1. The third-order valence-corrected chi connectivity index (χ3v) is 3.31. The summed E-state index contributed by atoms with van der Waals surface area (Å²) in [6.45, 7) is 7.03. The minimum Gasteiger partial charge on any atom is -0.480 e. The van der Waals surface area contributed by atoms with E-state index in [2.05, 4.69) is 10.2 Å². The minimum atomic E-state index is -0.964. The van der Waals surface area contributed by atoms with Crippen molar-refractivity contribution >= 4 is 12.0 Å². The van der Waals surface area contributed by atoms with Crippen LogP contribution in [-0.4, -0.2) is 66.2 Å². The molecule has 1 aliphatic heterocycles. The zero-order valence-corrected chi connectivity index (χ0v) is 12.1. The number of hydrogen-bond donors (Lipinski definition) is 2. The van der Waals surface area contributed by atoms with Crippen LogP contribution in [-0.2, 0) is 4.79 Å². The first kappa shape index (κ1) is 15.8. The third kappa shape index (κ3) is 5.46. The van der Waals surface area contributed by atoms with E-state index >= 15 is 0 Å². The number of rotatable bonds is 4. The molecule has 0 bridgehead atoms. The van der Waals surface area contributed by atoms with E-state index in [9.17, 15) is 9.59 Å². The van der Waals surface area contributed by atoms with E-state index in [0.29, 0.717) is 19.5 Å². The highest BCUT2D eigenvalue weighted by Crippen LogP contribution is 2.07. The van der Waals surface area contributed by atoms with Crippen molar-refractivity contribution in [3.63, 3.8) is 0 Å². The average Bonchev–Trinajstić information content (AvgIpc) is 2.52. The number of amides is 2. The molecular weight excluding hydrogens is 246 g/mol. The topological polar surface area (TPSA) is 72.9 Å². The van der Waals surface area contributed by atoms with E-state index < -0.39 is 12.0 Å². The van der Waals surface area contributed by atoms with Crippen molar-refractivity contribution < 1.29 is 14.7 Å². The van der Waals surface area contributed by atoms with Crippen molar-refractivity contribution in [1.82, 2.24) is 15.1 Å². The Morgan fingerprint density at radius 1 is 1.21 bits per heavy atom. The van der Waals surface area contributed by atoms with Crippen molar-refractivity contribution in [3.8, 4) is 0 Å². The van der Waals surface area contributed by atoms with E-state index in [-0.39, 0.29) is 11.9 Å². The Labute approximate surface area is 114 Å². The smallest absolute Gasteiger partial charge is 0.326 e. The van der Waals surface area contributed by atoms with E-state index in [1.165, 1.54) is 0 Å². The zero-order chi connectivity index (χ0) is 14.4. The van der Waals surface area contributed by atoms with E-state index in [1.54, 1.807) is 4.90 Å². The maximum absolute atomic E-state index is 12.1. The van der Waals surface area contributed by atoms with Crippen molar-refractivity contribution in [2.75, 3.05) is 33.2 Å². The Hall–Kier alpha value is -1.30. The fourth-order valence-electron chi connectivity index (χ4n) is 2.18. The highest BCUT2D eigenvalue weighted by molar-refractivity contribution is 5.82. The summed E-state index contributed by atoms with van der Waals surface area (Å²) in [6.07, 6.45) is 1.38. The van der Waals surface area contributed by atoms with Gasteiger partial charge in [0.2, 0.25) is 0 Å². The highest BCUT2D eigenvalue weighted by atomic mass is 16.4. The largest absolute Gasteiger partial charge is 0.480 e. The van der Waals surface area contributed by atoms with E-state index in [1.807, 2.05) is 20.9 Å². The molecule has 0 saturated carbocycles. The predicted octanol–water partition coefficient (Wildman–Crippen LogP) is 0.833. The molecule has 2 amide bonds. The predicted molar refractivity (Wildman–Crippen MR) is 73.1 cm³/mol. The fraction of sp³-hybridized carbons (Fsp3) is 0.846. The number of carboxylic acids is 1.